The molecule has 3 rings (SSSR count). The number of halogens is 3. The van der Waals surface area contributed by atoms with Crippen molar-refractivity contribution in [2.45, 2.75) is 33.0 Å². The third-order valence-corrected chi connectivity index (χ3v) is 4.28. The maximum absolute atomic E-state index is 13.0. The number of aryl methyl sites for hydroxylation is 1. The predicted octanol–water partition coefficient (Wildman–Crippen LogP) is 2.86. The van der Waals surface area contributed by atoms with Gasteiger partial charge in [-0.1, -0.05) is 0 Å². The van der Waals surface area contributed by atoms with Gasteiger partial charge in [0.15, 0.2) is 5.69 Å². The van der Waals surface area contributed by atoms with Crippen LogP contribution >= 0.6 is 0 Å². The number of esters is 1. The Morgan fingerprint density at radius 3 is 2.65 bits per heavy atom. The van der Waals surface area contributed by atoms with Crippen molar-refractivity contribution in [2.24, 2.45) is 0 Å². The van der Waals surface area contributed by atoms with Gasteiger partial charge in [-0.25, -0.2) is 14.8 Å². The van der Waals surface area contributed by atoms with E-state index < -0.39 is 17.7 Å². The third kappa shape index (κ3) is 3.33. The lowest BCUT2D eigenvalue weighted by Crippen LogP contribution is -2.33. The van der Waals surface area contributed by atoms with Gasteiger partial charge >= 0.3 is 12.1 Å². The molecule has 138 valence electrons. The van der Waals surface area contributed by atoms with Crippen molar-refractivity contribution >= 4 is 11.8 Å². The minimum Gasteiger partial charge on any atom is -0.464 e. The zero-order valence-electron chi connectivity index (χ0n) is 14.5. The fraction of sp³-hybridized carbons (Fsp3) is 0.412. The van der Waals surface area contributed by atoms with Crippen molar-refractivity contribution in [2.75, 3.05) is 18.6 Å². The highest BCUT2D eigenvalue weighted by Gasteiger charge is 2.33. The third-order valence-electron chi connectivity index (χ3n) is 4.28. The van der Waals surface area contributed by atoms with E-state index in [1.165, 1.54) is 7.11 Å². The standard InChI is InChI=1S/C17H17F3N4O2/c1-9-14(16(25)26-3)22-10(2)23-15(9)24-5-4-13-11(8-24)6-12(7-21-13)17(18,19)20/h6-7H,4-5,8H2,1-3H3. The quantitative estimate of drug-likeness (QED) is 0.762. The number of rotatable bonds is 2. The molecule has 1 aliphatic heterocycles. The summed E-state index contributed by atoms with van der Waals surface area (Å²) in [6.07, 6.45) is -3.09. The van der Waals surface area contributed by atoms with Gasteiger partial charge in [-0.2, -0.15) is 13.2 Å². The fourth-order valence-corrected chi connectivity index (χ4v) is 2.98. The average molecular weight is 366 g/mol. The van der Waals surface area contributed by atoms with Crippen molar-refractivity contribution in [3.63, 3.8) is 0 Å². The summed E-state index contributed by atoms with van der Waals surface area (Å²) in [4.78, 5) is 26.2. The molecule has 2 aromatic rings. The molecular formula is C17H17F3N4O2. The molecule has 0 fully saturated rings. The first-order valence-electron chi connectivity index (χ1n) is 7.94. The van der Waals surface area contributed by atoms with Gasteiger partial charge in [-0.15, -0.1) is 0 Å². The average Bonchev–Trinajstić information content (AvgIpc) is 2.61. The molecule has 9 heteroatoms. The SMILES string of the molecule is COC(=O)c1nc(C)nc(N2CCc3ncc(C(F)(F)F)cc3C2)c1C. The number of nitrogens with zero attached hydrogens (tertiary/aromatic N) is 4. The van der Waals surface area contributed by atoms with Gasteiger partial charge in [0.1, 0.15) is 11.6 Å². The first-order chi connectivity index (χ1) is 12.2. The number of carbonyl (C=O) groups is 1. The summed E-state index contributed by atoms with van der Waals surface area (Å²) < 4.78 is 43.6. The van der Waals surface area contributed by atoms with E-state index in [2.05, 4.69) is 15.0 Å². The second kappa shape index (κ2) is 6.54. The molecule has 6 nitrogen and oxygen atoms in total. The summed E-state index contributed by atoms with van der Waals surface area (Å²) in [5.41, 5.74) is 1.06. The highest BCUT2D eigenvalue weighted by Crippen LogP contribution is 2.32. The van der Waals surface area contributed by atoms with Crippen LogP contribution in [0.2, 0.25) is 0 Å². The van der Waals surface area contributed by atoms with Gasteiger partial charge in [-0.05, 0) is 25.5 Å². The summed E-state index contributed by atoms with van der Waals surface area (Å²) >= 11 is 0. The number of fused-ring (bicyclic) bond motifs is 1. The number of aromatic nitrogens is 3. The van der Waals surface area contributed by atoms with Crippen LogP contribution < -0.4 is 4.90 Å². The normalized spacial score (nSPS) is 14.2. The van der Waals surface area contributed by atoms with Crippen LogP contribution in [0.15, 0.2) is 12.3 Å². The van der Waals surface area contributed by atoms with Crippen molar-refractivity contribution in [1.29, 1.82) is 0 Å². The topological polar surface area (TPSA) is 68.2 Å². The molecule has 0 aliphatic carbocycles. The second-order valence-electron chi connectivity index (χ2n) is 6.06. The number of alkyl halides is 3. The Labute approximate surface area is 148 Å². The molecule has 0 amide bonds. The van der Waals surface area contributed by atoms with Crippen LogP contribution in [0.1, 0.15) is 38.7 Å². The lowest BCUT2D eigenvalue weighted by molar-refractivity contribution is -0.137. The van der Waals surface area contributed by atoms with E-state index in [1.54, 1.807) is 13.8 Å². The van der Waals surface area contributed by atoms with Gasteiger partial charge < -0.3 is 9.64 Å². The van der Waals surface area contributed by atoms with E-state index >= 15 is 0 Å². The Morgan fingerprint density at radius 1 is 1.27 bits per heavy atom. The number of hydrogen-bond acceptors (Lipinski definition) is 6. The number of anilines is 1. The van der Waals surface area contributed by atoms with Crippen LogP contribution in [-0.4, -0.2) is 34.6 Å². The number of carbonyl (C=O) groups excluding carboxylic acids is 1. The lowest BCUT2D eigenvalue weighted by Gasteiger charge is -2.31. The summed E-state index contributed by atoms with van der Waals surface area (Å²) in [5.74, 6) is 0.326. The lowest BCUT2D eigenvalue weighted by atomic mass is 10.0. The van der Waals surface area contributed by atoms with E-state index in [4.69, 9.17) is 4.74 Å². The van der Waals surface area contributed by atoms with Gasteiger partial charge in [0, 0.05) is 37.0 Å². The summed E-state index contributed by atoms with van der Waals surface area (Å²) in [6.45, 7) is 4.10. The first kappa shape index (κ1) is 18.1. The molecule has 0 radical (unpaired) electrons. The first-order valence-corrected chi connectivity index (χ1v) is 7.94. The van der Waals surface area contributed by atoms with Crippen LogP contribution in [0.5, 0.6) is 0 Å². The van der Waals surface area contributed by atoms with E-state index in [-0.39, 0.29) is 12.2 Å². The molecule has 0 bridgehead atoms. The van der Waals surface area contributed by atoms with Gasteiger partial charge in [0.2, 0.25) is 0 Å². The van der Waals surface area contributed by atoms with Crippen LogP contribution in [0, 0.1) is 13.8 Å². The zero-order valence-corrected chi connectivity index (χ0v) is 14.5. The monoisotopic (exact) mass is 366 g/mol. The molecule has 0 saturated carbocycles. The largest absolute Gasteiger partial charge is 0.464 e. The molecule has 1 aliphatic rings. The van der Waals surface area contributed by atoms with Crippen molar-refractivity contribution in [3.05, 3.63) is 46.2 Å². The molecule has 2 aromatic heterocycles. The molecule has 0 spiro atoms. The summed E-state index contributed by atoms with van der Waals surface area (Å²) in [7, 11) is 1.26. The van der Waals surface area contributed by atoms with Crippen LogP contribution in [0.4, 0.5) is 19.0 Å². The predicted molar refractivity (Wildman–Crippen MR) is 86.8 cm³/mol. The number of ether oxygens (including phenoxy) is 1. The summed E-state index contributed by atoms with van der Waals surface area (Å²) in [6, 6.07) is 1.12. The Bertz CT molecular complexity index is 868. The summed E-state index contributed by atoms with van der Waals surface area (Å²) in [5, 5.41) is 0. The Hall–Kier alpha value is -2.71. The maximum Gasteiger partial charge on any atom is 0.417 e. The van der Waals surface area contributed by atoms with Crippen molar-refractivity contribution in [1.82, 2.24) is 15.0 Å². The van der Waals surface area contributed by atoms with Gasteiger partial charge in [0.05, 0.1) is 12.7 Å². The molecule has 3 heterocycles. The molecule has 0 atom stereocenters. The van der Waals surface area contributed by atoms with Crippen LogP contribution in [0.3, 0.4) is 0 Å². The second-order valence-corrected chi connectivity index (χ2v) is 6.06. The number of pyridine rings is 1. The van der Waals surface area contributed by atoms with E-state index in [0.717, 1.165) is 12.3 Å². The van der Waals surface area contributed by atoms with Crippen LogP contribution in [0.25, 0.3) is 0 Å². The highest BCUT2D eigenvalue weighted by atomic mass is 19.4. The van der Waals surface area contributed by atoms with E-state index in [1.807, 2.05) is 4.90 Å². The zero-order chi connectivity index (χ0) is 19.1. The van der Waals surface area contributed by atoms with Crippen molar-refractivity contribution < 1.29 is 22.7 Å². The molecule has 0 unspecified atom stereocenters. The molecule has 0 N–H and O–H groups in total. The van der Waals surface area contributed by atoms with Gasteiger partial charge in [-0.3, -0.25) is 4.98 Å². The van der Waals surface area contributed by atoms with Gasteiger partial charge in [0.25, 0.3) is 0 Å². The minimum absolute atomic E-state index is 0.156. The fourth-order valence-electron chi connectivity index (χ4n) is 2.98. The Kier molecular flexibility index (Phi) is 4.55. The molecular weight excluding hydrogens is 349 g/mol. The Balaban J connectivity index is 1.98. The van der Waals surface area contributed by atoms with Crippen LogP contribution in [-0.2, 0) is 23.9 Å². The Morgan fingerprint density at radius 2 is 2.00 bits per heavy atom. The van der Waals surface area contributed by atoms with Crippen molar-refractivity contribution in [3.8, 4) is 0 Å². The number of methoxy groups -OCH3 is 1. The van der Waals surface area contributed by atoms with E-state index in [9.17, 15) is 18.0 Å². The molecule has 0 aromatic carbocycles. The molecule has 26 heavy (non-hydrogen) atoms. The minimum atomic E-state index is -4.44. The smallest absolute Gasteiger partial charge is 0.417 e. The molecule has 0 saturated heterocycles. The number of hydrogen-bond donors (Lipinski definition) is 0. The maximum atomic E-state index is 13.0. The van der Waals surface area contributed by atoms with E-state index in [0.29, 0.717) is 41.4 Å². The highest BCUT2D eigenvalue weighted by molar-refractivity contribution is 5.90.